The Morgan fingerprint density at radius 3 is 2.35 bits per heavy atom. The second-order valence-electron chi connectivity index (χ2n) is 3.99. The van der Waals surface area contributed by atoms with E-state index in [0.29, 0.717) is 26.4 Å². The van der Waals surface area contributed by atoms with Crippen LogP contribution in [0.2, 0.25) is 0 Å². The highest BCUT2D eigenvalue weighted by Crippen LogP contribution is 2.12. The summed E-state index contributed by atoms with van der Waals surface area (Å²) in [6.45, 7) is 1.72. The predicted octanol–water partition coefficient (Wildman–Crippen LogP) is 1.28. The minimum atomic E-state index is -3.51. The van der Waals surface area contributed by atoms with Crippen molar-refractivity contribution in [2.75, 3.05) is 45.9 Å². The molecule has 7 heteroatoms. The first-order valence-corrected chi connectivity index (χ1v) is 7.84. The van der Waals surface area contributed by atoms with Gasteiger partial charge in [0, 0.05) is 7.11 Å². The lowest BCUT2D eigenvalue weighted by atomic mass is 10.4. The third-order valence-corrected chi connectivity index (χ3v) is 4.13. The van der Waals surface area contributed by atoms with E-state index in [0.717, 1.165) is 6.07 Å². The van der Waals surface area contributed by atoms with Gasteiger partial charge in [-0.2, -0.15) is 0 Å². The molecule has 1 aromatic carbocycles. The molecule has 20 heavy (non-hydrogen) atoms. The monoisotopic (exact) mass is 306 g/mol. The highest BCUT2D eigenvalue weighted by atomic mass is 32.2. The third kappa shape index (κ3) is 6.42. The van der Waals surface area contributed by atoms with Crippen LogP contribution in [0.5, 0.6) is 0 Å². The standard InChI is InChI=1S/C13H19FO5S/c1-17-5-6-18-7-8-19-9-10-20(15,16)13-4-2-3-12(14)11-13/h2-4,11H,5-10H2,1H3. The van der Waals surface area contributed by atoms with Crippen LogP contribution >= 0.6 is 0 Å². The Balaban J connectivity index is 2.24. The second-order valence-corrected chi connectivity index (χ2v) is 6.10. The number of hydrogen-bond acceptors (Lipinski definition) is 5. The van der Waals surface area contributed by atoms with Crippen LogP contribution in [0.1, 0.15) is 0 Å². The van der Waals surface area contributed by atoms with Gasteiger partial charge in [0.25, 0.3) is 0 Å². The van der Waals surface area contributed by atoms with E-state index in [4.69, 9.17) is 14.2 Å². The molecule has 0 N–H and O–H groups in total. The highest BCUT2D eigenvalue weighted by molar-refractivity contribution is 7.91. The van der Waals surface area contributed by atoms with Crippen molar-refractivity contribution >= 4 is 9.84 Å². The van der Waals surface area contributed by atoms with Crippen LogP contribution < -0.4 is 0 Å². The lowest BCUT2D eigenvalue weighted by Gasteiger charge is -2.07. The Hall–Kier alpha value is -1.02. The molecule has 0 aliphatic carbocycles. The van der Waals surface area contributed by atoms with Crippen molar-refractivity contribution in [2.45, 2.75) is 4.90 Å². The molecule has 0 saturated heterocycles. The minimum absolute atomic E-state index is 0.0301. The van der Waals surface area contributed by atoms with E-state index in [2.05, 4.69) is 0 Å². The van der Waals surface area contributed by atoms with Crippen molar-refractivity contribution in [3.63, 3.8) is 0 Å². The van der Waals surface area contributed by atoms with Crippen molar-refractivity contribution in [3.8, 4) is 0 Å². The minimum Gasteiger partial charge on any atom is -0.382 e. The fourth-order valence-electron chi connectivity index (χ4n) is 1.41. The van der Waals surface area contributed by atoms with Crippen LogP contribution in [0.4, 0.5) is 4.39 Å². The maximum absolute atomic E-state index is 13.0. The molecule has 5 nitrogen and oxygen atoms in total. The number of ether oxygens (including phenoxy) is 3. The molecule has 0 heterocycles. The Kier molecular flexibility index (Phi) is 7.68. The molecule has 0 amide bonds. The average molecular weight is 306 g/mol. The maximum atomic E-state index is 13.0. The van der Waals surface area contributed by atoms with Gasteiger partial charge in [0.1, 0.15) is 5.82 Å². The molecule has 0 bridgehead atoms. The summed E-state index contributed by atoms with van der Waals surface area (Å²) in [7, 11) is -1.93. The molecule has 0 aliphatic rings. The summed E-state index contributed by atoms with van der Waals surface area (Å²) in [5.74, 6) is -0.757. The summed E-state index contributed by atoms with van der Waals surface area (Å²) in [5.41, 5.74) is 0. The van der Waals surface area contributed by atoms with Crippen molar-refractivity contribution < 1.29 is 27.0 Å². The van der Waals surface area contributed by atoms with Crippen LogP contribution in [-0.2, 0) is 24.0 Å². The summed E-state index contributed by atoms with van der Waals surface area (Å²) in [6, 6.07) is 4.94. The topological polar surface area (TPSA) is 61.8 Å². The molecular formula is C13H19FO5S. The van der Waals surface area contributed by atoms with E-state index in [1.54, 1.807) is 7.11 Å². The molecule has 0 saturated carbocycles. The Morgan fingerprint density at radius 1 is 1.05 bits per heavy atom. The predicted molar refractivity (Wildman–Crippen MR) is 72.0 cm³/mol. The molecule has 1 aromatic rings. The van der Waals surface area contributed by atoms with Gasteiger partial charge in [0.2, 0.25) is 0 Å². The highest BCUT2D eigenvalue weighted by Gasteiger charge is 2.14. The average Bonchev–Trinajstić information content (AvgIpc) is 2.42. The first kappa shape index (κ1) is 17.0. The Morgan fingerprint density at radius 2 is 1.70 bits per heavy atom. The van der Waals surface area contributed by atoms with Crippen LogP contribution in [0.3, 0.4) is 0 Å². The zero-order chi connectivity index (χ0) is 14.8. The van der Waals surface area contributed by atoms with Gasteiger partial charge in [-0.15, -0.1) is 0 Å². The van der Waals surface area contributed by atoms with Crippen LogP contribution in [-0.4, -0.2) is 54.3 Å². The van der Waals surface area contributed by atoms with Gasteiger partial charge in [-0.1, -0.05) is 6.07 Å². The van der Waals surface area contributed by atoms with E-state index >= 15 is 0 Å². The summed E-state index contributed by atoms with van der Waals surface area (Å²) in [4.78, 5) is -0.0301. The summed E-state index contributed by atoms with van der Waals surface area (Å²) >= 11 is 0. The van der Waals surface area contributed by atoms with Crippen molar-refractivity contribution in [2.24, 2.45) is 0 Å². The Bertz CT molecular complexity index is 489. The van der Waals surface area contributed by atoms with E-state index in [-0.39, 0.29) is 17.3 Å². The molecule has 1 rings (SSSR count). The zero-order valence-electron chi connectivity index (χ0n) is 11.4. The molecule has 0 unspecified atom stereocenters. The molecule has 0 radical (unpaired) electrons. The first-order chi connectivity index (χ1) is 9.56. The molecule has 114 valence electrons. The molecular weight excluding hydrogens is 287 g/mol. The maximum Gasteiger partial charge on any atom is 0.180 e. The van der Waals surface area contributed by atoms with Crippen LogP contribution in [0, 0.1) is 5.82 Å². The lowest BCUT2D eigenvalue weighted by Crippen LogP contribution is -2.15. The lowest BCUT2D eigenvalue weighted by molar-refractivity contribution is 0.0284. The third-order valence-electron chi connectivity index (χ3n) is 2.46. The smallest absolute Gasteiger partial charge is 0.180 e. The normalized spacial score (nSPS) is 11.7. The van der Waals surface area contributed by atoms with Gasteiger partial charge in [-0.05, 0) is 18.2 Å². The van der Waals surface area contributed by atoms with Gasteiger partial charge < -0.3 is 14.2 Å². The van der Waals surface area contributed by atoms with Gasteiger partial charge >= 0.3 is 0 Å². The number of methoxy groups -OCH3 is 1. The van der Waals surface area contributed by atoms with E-state index in [1.165, 1.54) is 18.2 Å². The van der Waals surface area contributed by atoms with Gasteiger partial charge in [-0.25, -0.2) is 12.8 Å². The molecule has 0 spiro atoms. The quantitative estimate of drug-likeness (QED) is 0.609. The second kappa shape index (κ2) is 9.02. The first-order valence-electron chi connectivity index (χ1n) is 6.19. The van der Waals surface area contributed by atoms with E-state index < -0.39 is 15.7 Å². The van der Waals surface area contributed by atoms with Gasteiger partial charge in [0.15, 0.2) is 9.84 Å². The van der Waals surface area contributed by atoms with Crippen LogP contribution in [0.15, 0.2) is 29.2 Å². The zero-order valence-corrected chi connectivity index (χ0v) is 12.2. The number of rotatable bonds is 10. The van der Waals surface area contributed by atoms with Crippen molar-refractivity contribution in [1.29, 1.82) is 0 Å². The summed E-state index contributed by atoms with van der Waals surface area (Å²) < 4.78 is 51.8. The van der Waals surface area contributed by atoms with Gasteiger partial charge in [-0.3, -0.25) is 0 Å². The molecule has 0 atom stereocenters. The van der Waals surface area contributed by atoms with Crippen molar-refractivity contribution in [1.82, 2.24) is 0 Å². The van der Waals surface area contributed by atoms with E-state index in [1.807, 2.05) is 0 Å². The Labute approximate surface area is 118 Å². The number of hydrogen-bond donors (Lipinski definition) is 0. The van der Waals surface area contributed by atoms with E-state index in [9.17, 15) is 12.8 Å². The largest absolute Gasteiger partial charge is 0.382 e. The number of sulfone groups is 1. The number of benzene rings is 1. The fraction of sp³-hybridized carbons (Fsp3) is 0.538. The summed E-state index contributed by atoms with van der Waals surface area (Å²) in [5, 5.41) is 0. The molecule has 0 aromatic heterocycles. The van der Waals surface area contributed by atoms with Crippen molar-refractivity contribution in [3.05, 3.63) is 30.1 Å². The molecule has 0 aliphatic heterocycles. The molecule has 0 fully saturated rings. The van der Waals surface area contributed by atoms with Crippen LogP contribution in [0.25, 0.3) is 0 Å². The summed E-state index contributed by atoms with van der Waals surface area (Å²) in [6.07, 6.45) is 0. The number of halogens is 1. The fourth-order valence-corrected chi connectivity index (χ4v) is 2.56. The van der Waals surface area contributed by atoms with Gasteiger partial charge in [0.05, 0.1) is 43.7 Å². The SMILES string of the molecule is COCCOCCOCCS(=O)(=O)c1cccc(F)c1.